The number of aromatic nitrogens is 4. The first-order valence-corrected chi connectivity index (χ1v) is 12.5. The number of rotatable bonds is 6. The number of benzene rings is 1. The van der Waals surface area contributed by atoms with Gasteiger partial charge in [0.2, 0.25) is 11.8 Å². The lowest BCUT2D eigenvalue weighted by Gasteiger charge is -2.27. The number of ether oxygens (including phenoxy) is 1. The van der Waals surface area contributed by atoms with E-state index in [0.717, 1.165) is 5.69 Å². The van der Waals surface area contributed by atoms with Crippen molar-refractivity contribution < 1.29 is 30.5 Å². The summed E-state index contributed by atoms with van der Waals surface area (Å²) in [5.74, 6) is -0.413. The van der Waals surface area contributed by atoms with Gasteiger partial charge in [0, 0.05) is 36.3 Å². The number of imidazole rings is 1. The van der Waals surface area contributed by atoms with Crippen molar-refractivity contribution in [3.63, 3.8) is 0 Å². The molecule has 1 aliphatic heterocycles. The lowest BCUT2D eigenvalue weighted by molar-refractivity contribution is -0.0501. The van der Waals surface area contributed by atoms with Crippen LogP contribution in [0.5, 0.6) is 11.6 Å². The van der Waals surface area contributed by atoms with Gasteiger partial charge in [-0.25, -0.2) is 9.97 Å². The van der Waals surface area contributed by atoms with Crippen LogP contribution in [0.4, 0.5) is 24.8 Å². The average Bonchev–Trinajstić information content (AvgIpc) is 3.23. The minimum absolute atomic E-state index is 0.0422. The summed E-state index contributed by atoms with van der Waals surface area (Å²) in [7, 11) is -4.50. The number of hydrogen-bond acceptors (Lipinski definition) is 9. The van der Waals surface area contributed by atoms with E-state index < -0.39 is 26.9 Å². The molecule has 0 aliphatic carbocycles. The van der Waals surface area contributed by atoms with E-state index in [1.54, 1.807) is 49.9 Å². The molecule has 3 aromatic rings. The van der Waals surface area contributed by atoms with Gasteiger partial charge in [-0.1, -0.05) is 20.8 Å². The molecule has 4 rings (SSSR count). The largest absolute Gasteiger partial charge is 0.534 e. The summed E-state index contributed by atoms with van der Waals surface area (Å²) < 4.78 is 75.1. The van der Waals surface area contributed by atoms with Gasteiger partial charge in [-0.15, -0.1) is 0 Å². The van der Waals surface area contributed by atoms with Crippen LogP contribution >= 0.6 is 0 Å². The summed E-state index contributed by atoms with van der Waals surface area (Å²) in [4.78, 5) is 17.1. The smallest absolute Gasteiger partial charge is 0.494 e. The number of alkyl halides is 3. The second-order valence-corrected chi connectivity index (χ2v) is 10.9. The van der Waals surface area contributed by atoms with Crippen LogP contribution in [0.3, 0.4) is 0 Å². The first-order chi connectivity index (χ1) is 17.2. The van der Waals surface area contributed by atoms with Crippen molar-refractivity contribution in [2.24, 2.45) is 10.4 Å². The van der Waals surface area contributed by atoms with E-state index in [4.69, 9.17) is 4.74 Å². The molecule has 0 bridgehead atoms. The molecule has 0 saturated carbocycles. The molecule has 0 radical (unpaired) electrons. The van der Waals surface area contributed by atoms with Crippen LogP contribution in [0.2, 0.25) is 0 Å². The van der Waals surface area contributed by atoms with Crippen molar-refractivity contribution >= 4 is 27.5 Å². The van der Waals surface area contributed by atoms with Crippen molar-refractivity contribution in [1.82, 2.24) is 19.5 Å². The molecule has 37 heavy (non-hydrogen) atoms. The molecule has 1 aromatic carbocycles. The minimum atomic E-state index is -5.99. The van der Waals surface area contributed by atoms with Gasteiger partial charge in [-0.05, 0) is 19.1 Å². The fourth-order valence-corrected chi connectivity index (χ4v) is 4.21. The van der Waals surface area contributed by atoms with Crippen molar-refractivity contribution in [3.05, 3.63) is 47.7 Å². The van der Waals surface area contributed by atoms with Crippen LogP contribution in [0.25, 0.3) is 5.69 Å². The normalized spacial score (nSPS) is 14.1. The zero-order valence-electron chi connectivity index (χ0n) is 20.7. The Morgan fingerprint density at radius 2 is 1.86 bits per heavy atom. The summed E-state index contributed by atoms with van der Waals surface area (Å²) in [5, 5.41) is 2.91. The predicted octanol–water partition coefficient (Wildman–Crippen LogP) is 4.34. The summed E-state index contributed by atoms with van der Waals surface area (Å²) in [6, 6.07) is 5.07. The number of hydrogen-bond donors (Lipinski definition) is 1. The minimum Gasteiger partial charge on any atom is -0.494 e. The third-order valence-corrected chi connectivity index (χ3v) is 6.36. The van der Waals surface area contributed by atoms with Gasteiger partial charge in [0.05, 0.1) is 41.8 Å². The Kier molecular flexibility index (Phi) is 6.65. The van der Waals surface area contributed by atoms with Crippen LogP contribution in [0.15, 0.2) is 35.7 Å². The Balaban J connectivity index is 1.78. The lowest BCUT2D eigenvalue weighted by Crippen LogP contribution is -2.32. The quantitative estimate of drug-likeness (QED) is 0.364. The van der Waals surface area contributed by atoms with E-state index in [2.05, 4.69) is 29.4 Å². The average molecular weight is 539 g/mol. The molecule has 0 atom stereocenters. The number of anilines is 2. The topological polar surface area (TPSA) is 121 Å². The number of aliphatic imine (C=N–C) groups is 1. The maximum absolute atomic E-state index is 13.2. The SMILES string of the molecule is COc1cc(Nc2nc3c(c(OS(=O)(=O)C(F)(F)F)n2)C(C(C)(C)C)=NCC3)ccc1-n1cnc(C)c1. The van der Waals surface area contributed by atoms with Crippen molar-refractivity contribution in [2.45, 2.75) is 39.6 Å². The number of methoxy groups -OCH3 is 1. The van der Waals surface area contributed by atoms with Gasteiger partial charge in [0.25, 0.3) is 0 Å². The number of fused-ring (bicyclic) bond motifs is 1. The van der Waals surface area contributed by atoms with Crippen LogP contribution in [-0.2, 0) is 16.5 Å². The first-order valence-electron chi connectivity index (χ1n) is 11.1. The van der Waals surface area contributed by atoms with E-state index >= 15 is 0 Å². The maximum Gasteiger partial charge on any atom is 0.534 e. The maximum atomic E-state index is 13.2. The zero-order valence-corrected chi connectivity index (χ0v) is 21.5. The third kappa shape index (κ3) is 5.38. The fourth-order valence-electron chi connectivity index (χ4n) is 3.79. The second kappa shape index (κ2) is 9.32. The Morgan fingerprint density at radius 3 is 2.46 bits per heavy atom. The van der Waals surface area contributed by atoms with E-state index in [-0.39, 0.29) is 17.9 Å². The number of aryl methyl sites for hydroxylation is 1. The van der Waals surface area contributed by atoms with Crippen LogP contribution < -0.4 is 14.2 Å². The zero-order chi connectivity index (χ0) is 27.2. The van der Waals surface area contributed by atoms with Crippen molar-refractivity contribution in [2.75, 3.05) is 19.0 Å². The molecule has 1 N–H and O–H groups in total. The molecule has 3 heterocycles. The van der Waals surface area contributed by atoms with Gasteiger partial charge in [0.1, 0.15) is 5.75 Å². The van der Waals surface area contributed by atoms with E-state index in [0.29, 0.717) is 35.1 Å². The van der Waals surface area contributed by atoms with Gasteiger partial charge < -0.3 is 18.8 Å². The Hall–Kier alpha value is -3.68. The molecule has 0 spiro atoms. The molecular weight excluding hydrogens is 513 g/mol. The highest BCUT2D eigenvalue weighted by Gasteiger charge is 2.49. The first kappa shape index (κ1) is 26.4. The fraction of sp³-hybridized carbons (Fsp3) is 0.391. The highest BCUT2D eigenvalue weighted by atomic mass is 32.2. The molecule has 2 aromatic heterocycles. The van der Waals surface area contributed by atoms with Crippen LogP contribution in [-0.4, -0.2) is 52.8 Å². The molecular formula is C23H25F3N6O4S. The highest BCUT2D eigenvalue weighted by molar-refractivity contribution is 7.88. The number of nitrogens with zero attached hydrogens (tertiary/aromatic N) is 5. The second-order valence-electron chi connectivity index (χ2n) is 9.32. The molecule has 198 valence electrons. The highest BCUT2D eigenvalue weighted by Crippen LogP contribution is 2.36. The molecule has 10 nitrogen and oxygen atoms in total. The Bertz CT molecular complexity index is 1480. The molecule has 0 unspecified atom stereocenters. The van der Waals surface area contributed by atoms with E-state index in [1.807, 2.05) is 13.1 Å². The van der Waals surface area contributed by atoms with Crippen LogP contribution in [0.1, 0.15) is 37.7 Å². The van der Waals surface area contributed by atoms with Gasteiger partial charge in [-0.2, -0.15) is 26.6 Å². The molecule has 14 heteroatoms. The summed E-state index contributed by atoms with van der Waals surface area (Å²) in [6.07, 6.45) is 3.71. The monoisotopic (exact) mass is 538 g/mol. The van der Waals surface area contributed by atoms with Crippen molar-refractivity contribution in [1.29, 1.82) is 0 Å². The number of halogens is 3. The summed E-state index contributed by atoms with van der Waals surface area (Å²) in [5.41, 5.74) is -3.60. The van der Waals surface area contributed by atoms with Gasteiger partial charge >= 0.3 is 15.6 Å². The Morgan fingerprint density at radius 1 is 1.14 bits per heavy atom. The Labute approximate surface area is 211 Å². The molecule has 0 amide bonds. The van der Waals surface area contributed by atoms with E-state index in [1.165, 1.54) is 7.11 Å². The standard InChI is InChI=1S/C23H25F3N6O4S/c1-13-11-32(12-28-13)16-7-6-14(10-17(16)35-5)29-21-30-15-8-9-27-19(22(2,3)4)18(15)20(31-21)36-37(33,34)23(24,25)26/h6-7,10-12H,8-9H2,1-5H3,(H,29,30,31). The third-order valence-electron chi connectivity index (χ3n) is 5.41. The van der Waals surface area contributed by atoms with E-state index in [9.17, 15) is 21.6 Å². The molecule has 1 aliphatic rings. The molecule has 0 fully saturated rings. The van der Waals surface area contributed by atoms with Crippen molar-refractivity contribution in [3.8, 4) is 17.3 Å². The molecule has 0 saturated heterocycles. The summed E-state index contributed by atoms with van der Waals surface area (Å²) >= 11 is 0. The van der Waals surface area contributed by atoms with Gasteiger partial charge in [0.15, 0.2) is 0 Å². The lowest BCUT2D eigenvalue weighted by atomic mass is 9.83. The van der Waals surface area contributed by atoms with Crippen LogP contribution in [0, 0.1) is 12.3 Å². The predicted molar refractivity (Wildman–Crippen MR) is 130 cm³/mol. The van der Waals surface area contributed by atoms with Gasteiger partial charge in [-0.3, -0.25) is 4.99 Å². The number of nitrogens with one attached hydrogen (secondary N) is 1. The summed E-state index contributed by atoms with van der Waals surface area (Å²) in [6.45, 7) is 7.56.